The van der Waals surface area contributed by atoms with Crippen LogP contribution in [0.25, 0.3) is 0 Å². The molecule has 5 aliphatic carbocycles. The molecule has 310 valence electrons. The number of esters is 1. The fourth-order valence-corrected chi connectivity index (χ4v) is 13.5. The van der Waals surface area contributed by atoms with E-state index < -0.39 is 17.4 Å². The zero-order valence-corrected chi connectivity index (χ0v) is 36.4. The van der Waals surface area contributed by atoms with Crippen molar-refractivity contribution >= 4 is 23.6 Å². The van der Waals surface area contributed by atoms with Crippen molar-refractivity contribution < 1.29 is 29.0 Å². The second-order valence-electron chi connectivity index (χ2n) is 21.2. The number of rotatable bonds is 12. The van der Waals surface area contributed by atoms with Gasteiger partial charge in [-0.15, -0.1) is 0 Å². The van der Waals surface area contributed by atoms with Gasteiger partial charge in [0.15, 0.2) is 5.78 Å². The summed E-state index contributed by atoms with van der Waals surface area (Å²) < 4.78 is 6.19. The Labute approximate surface area is 336 Å². The summed E-state index contributed by atoms with van der Waals surface area (Å²) in [5.41, 5.74) is 1.52. The van der Waals surface area contributed by atoms with Crippen LogP contribution in [0.2, 0.25) is 0 Å². The Morgan fingerprint density at radius 3 is 2.25 bits per heavy atom. The average molecular weight is 774 g/mol. The van der Waals surface area contributed by atoms with Crippen LogP contribution in [0.5, 0.6) is 0 Å². The molecule has 4 saturated carbocycles. The highest BCUT2D eigenvalue weighted by Crippen LogP contribution is 2.77. The molecule has 4 fully saturated rings. The Morgan fingerprint density at radius 1 is 0.911 bits per heavy atom. The van der Waals surface area contributed by atoms with Crippen molar-refractivity contribution in [2.24, 2.45) is 56.2 Å². The maximum absolute atomic E-state index is 14.3. The van der Waals surface area contributed by atoms with Gasteiger partial charge in [0.25, 0.3) is 5.91 Å². The molecule has 1 N–H and O–H groups in total. The van der Waals surface area contributed by atoms with Crippen LogP contribution in [0, 0.1) is 56.2 Å². The number of carboxylic acids is 1. The van der Waals surface area contributed by atoms with Gasteiger partial charge in [-0.25, -0.2) is 0 Å². The summed E-state index contributed by atoms with van der Waals surface area (Å²) in [6, 6.07) is 5.51. The van der Waals surface area contributed by atoms with Crippen LogP contribution in [0.1, 0.15) is 143 Å². The van der Waals surface area contributed by atoms with Gasteiger partial charge in [-0.2, -0.15) is 0 Å². The zero-order valence-electron chi connectivity index (χ0n) is 36.4. The summed E-state index contributed by atoms with van der Waals surface area (Å²) in [7, 11) is 4.07. The second kappa shape index (κ2) is 14.9. The highest BCUT2D eigenvalue weighted by molar-refractivity contribution is 6.00. The van der Waals surface area contributed by atoms with Crippen molar-refractivity contribution in [2.45, 2.75) is 139 Å². The SMILES string of the molecule is CC(C)C1=C2C3CCC4C5(C)CCC(OC(=O)CC(C)(C)C(=O)O)C(C)(C)C5CCC4(C)C3(C)CCC2(CCN(CCN(C)C)C(=O)c2ccccn2)CC1=O. The molecular weight excluding hydrogens is 703 g/mol. The quantitative estimate of drug-likeness (QED) is 0.210. The third-order valence-corrected chi connectivity index (χ3v) is 16.8. The normalized spacial score (nSPS) is 35.1. The van der Waals surface area contributed by atoms with E-state index in [4.69, 9.17) is 4.74 Å². The van der Waals surface area contributed by atoms with Crippen LogP contribution in [-0.2, 0) is 19.1 Å². The predicted molar refractivity (Wildman–Crippen MR) is 219 cm³/mol. The molecule has 8 unspecified atom stereocenters. The van der Waals surface area contributed by atoms with Gasteiger partial charge in [0.05, 0.1) is 11.8 Å². The number of nitrogens with zero attached hydrogens (tertiary/aromatic N) is 3. The number of aliphatic carboxylic acids is 1. The predicted octanol–water partition coefficient (Wildman–Crippen LogP) is 8.87. The van der Waals surface area contributed by atoms with Gasteiger partial charge >= 0.3 is 11.9 Å². The summed E-state index contributed by atoms with van der Waals surface area (Å²) in [4.78, 5) is 61.6. The molecule has 0 aromatic carbocycles. The summed E-state index contributed by atoms with van der Waals surface area (Å²) >= 11 is 0. The number of amides is 1. The van der Waals surface area contributed by atoms with Crippen molar-refractivity contribution in [2.75, 3.05) is 33.7 Å². The molecule has 1 heterocycles. The number of ether oxygens (including phenoxy) is 1. The van der Waals surface area contributed by atoms with E-state index in [0.29, 0.717) is 48.7 Å². The Bertz CT molecular complexity index is 1730. The van der Waals surface area contributed by atoms with Crippen LogP contribution in [-0.4, -0.2) is 83.4 Å². The zero-order chi connectivity index (χ0) is 41.2. The number of pyridine rings is 1. The minimum Gasteiger partial charge on any atom is -0.481 e. The van der Waals surface area contributed by atoms with Crippen molar-refractivity contribution in [1.82, 2.24) is 14.8 Å². The second-order valence-corrected chi connectivity index (χ2v) is 21.2. The number of Topliss-reactive ketones (excluding diaryl/α,β-unsaturated/α-hetero) is 1. The number of hydrogen-bond acceptors (Lipinski definition) is 7. The van der Waals surface area contributed by atoms with Gasteiger partial charge in [-0.3, -0.25) is 24.2 Å². The third kappa shape index (κ3) is 6.97. The van der Waals surface area contributed by atoms with E-state index in [9.17, 15) is 24.3 Å². The molecule has 9 nitrogen and oxygen atoms in total. The largest absolute Gasteiger partial charge is 0.481 e. The fraction of sp³-hybridized carbons (Fsp3) is 0.766. The summed E-state index contributed by atoms with van der Waals surface area (Å²) in [6.45, 7) is 21.8. The number of likely N-dealkylation sites (N-methyl/N-ethyl adjacent to an activating group) is 1. The minimum atomic E-state index is -1.17. The summed E-state index contributed by atoms with van der Waals surface area (Å²) in [6.07, 6.45) is 10.8. The lowest BCUT2D eigenvalue weighted by Crippen LogP contribution is -2.65. The standard InChI is InChI=1S/C47H71N3O6/c1-30(2)38-33(51)28-47(23-25-50(27-26-49(10)11)40(53)32-14-12-13-24-48-32)22-21-45(8)31(39(38)47)15-16-35-44(7)19-18-36(56-37(52)29-42(3,4)41(54)55)43(5,6)34(44)17-20-46(35,45)9/h12-14,24,30-31,34-36H,15-23,25-29H2,1-11H3,(H,54,55). The highest BCUT2D eigenvalue weighted by Gasteiger charge is 2.70. The van der Waals surface area contributed by atoms with E-state index in [1.165, 1.54) is 5.57 Å². The number of carbonyl (C=O) groups is 4. The van der Waals surface area contributed by atoms with E-state index in [0.717, 1.165) is 69.9 Å². The monoisotopic (exact) mass is 774 g/mol. The van der Waals surface area contributed by atoms with Gasteiger partial charge in [0.2, 0.25) is 0 Å². The summed E-state index contributed by atoms with van der Waals surface area (Å²) in [5, 5.41) is 9.64. The Hall–Kier alpha value is -3.07. The van der Waals surface area contributed by atoms with Crippen LogP contribution in [0.3, 0.4) is 0 Å². The lowest BCUT2D eigenvalue weighted by Gasteiger charge is -2.72. The first-order chi connectivity index (χ1) is 26.0. The number of hydrogen-bond donors (Lipinski definition) is 1. The molecule has 1 aromatic heterocycles. The molecule has 1 amide bonds. The smallest absolute Gasteiger partial charge is 0.309 e. The fourth-order valence-electron chi connectivity index (χ4n) is 13.5. The number of allylic oxidation sites excluding steroid dienone is 2. The Balaban J connectivity index is 1.28. The first-order valence-corrected chi connectivity index (χ1v) is 21.6. The number of ketones is 1. The van der Waals surface area contributed by atoms with Crippen molar-refractivity contribution in [3.05, 3.63) is 41.2 Å². The number of fused-ring (bicyclic) bond motifs is 7. The van der Waals surface area contributed by atoms with Crippen LogP contribution in [0.15, 0.2) is 35.5 Å². The highest BCUT2D eigenvalue weighted by atomic mass is 16.5. The van der Waals surface area contributed by atoms with E-state index >= 15 is 0 Å². The van der Waals surface area contributed by atoms with E-state index in [-0.39, 0.29) is 51.4 Å². The van der Waals surface area contributed by atoms with Crippen LogP contribution < -0.4 is 0 Å². The topological polar surface area (TPSA) is 117 Å². The molecule has 0 spiro atoms. The van der Waals surface area contributed by atoms with Crippen molar-refractivity contribution in [3.63, 3.8) is 0 Å². The molecule has 0 saturated heterocycles. The van der Waals surface area contributed by atoms with Gasteiger partial charge < -0.3 is 19.6 Å². The van der Waals surface area contributed by atoms with E-state index in [1.54, 1.807) is 26.1 Å². The molecule has 0 bridgehead atoms. The molecule has 6 rings (SSSR count). The maximum Gasteiger partial charge on any atom is 0.309 e. The summed E-state index contributed by atoms with van der Waals surface area (Å²) in [5.74, 6) is 0.224. The lowest BCUT2D eigenvalue weighted by atomic mass is 9.33. The molecule has 56 heavy (non-hydrogen) atoms. The molecule has 8 atom stereocenters. The van der Waals surface area contributed by atoms with Crippen LogP contribution in [0.4, 0.5) is 0 Å². The molecule has 9 heteroatoms. The van der Waals surface area contributed by atoms with Crippen LogP contribution >= 0.6 is 0 Å². The van der Waals surface area contributed by atoms with Gasteiger partial charge in [-0.05, 0) is 143 Å². The molecular formula is C47H71N3O6. The molecule has 1 aromatic rings. The first kappa shape index (κ1) is 42.5. The van der Waals surface area contributed by atoms with Gasteiger partial charge in [0, 0.05) is 43.1 Å². The van der Waals surface area contributed by atoms with E-state index in [2.05, 4.69) is 58.4 Å². The number of carboxylic acid groups (broad SMARTS) is 1. The third-order valence-electron chi connectivity index (χ3n) is 16.8. The average Bonchev–Trinajstić information content (AvgIpc) is 3.41. The number of aromatic nitrogens is 1. The van der Waals surface area contributed by atoms with Gasteiger partial charge in [0.1, 0.15) is 11.8 Å². The van der Waals surface area contributed by atoms with E-state index in [1.807, 2.05) is 31.1 Å². The maximum atomic E-state index is 14.3. The number of carbonyl (C=O) groups excluding carboxylic acids is 3. The first-order valence-electron chi connectivity index (χ1n) is 21.6. The van der Waals surface area contributed by atoms with Gasteiger partial charge in [-0.1, -0.05) is 60.1 Å². The minimum absolute atomic E-state index is 0.0255. The van der Waals surface area contributed by atoms with Crippen molar-refractivity contribution in [3.8, 4) is 0 Å². The molecule has 0 aliphatic heterocycles. The molecule has 0 radical (unpaired) electrons. The lowest BCUT2D eigenvalue weighted by molar-refractivity contribution is -0.233. The Kier molecular flexibility index (Phi) is 11.4. The molecule has 5 aliphatic rings. The Morgan fingerprint density at radius 2 is 1.62 bits per heavy atom. The van der Waals surface area contributed by atoms with Crippen molar-refractivity contribution in [1.29, 1.82) is 0 Å².